The molecule has 33 heavy (non-hydrogen) atoms. The number of anilines is 1. The molecule has 1 aliphatic heterocycles. The van der Waals surface area contributed by atoms with Crippen LogP contribution in [0.5, 0.6) is 0 Å². The first-order valence-electron chi connectivity index (χ1n) is 11.7. The molecule has 3 aromatic rings. The van der Waals surface area contributed by atoms with Crippen molar-refractivity contribution in [2.24, 2.45) is 5.92 Å². The molecular formula is C27H31ClN4O. The number of benzene rings is 2. The second kappa shape index (κ2) is 10.3. The van der Waals surface area contributed by atoms with E-state index in [9.17, 15) is 4.79 Å². The van der Waals surface area contributed by atoms with Gasteiger partial charge in [0, 0.05) is 60.4 Å². The third-order valence-corrected chi connectivity index (χ3v) is 6.37. The number of halogens is 1. The number of rotatable bonds is 6. The van der Waals surface area contributed by atoms with E-state index in [1.807, 2.05) is 49.1 Å². The van der Waals surface area contributed by atoms with Gasteiger partial charge in [-0.25, -0.2) is 9.97 Å². The third-order valence-electron chi connectivity index (χ3n) is 6.12. The van der Waals surface area contributed by atoms with E-state index in [2.05, 4.69) is 36.1 Å². The van der Waals surface area contributed by atoms with Gasteiger partial charge >= 0.3 is 0 Å². The normalized spacial score (nSPS) is 14.1. The lowest BCUT2D eigenvalue weighted by Gasteiger charge is -2.37. The molecule has 0 radical (unpaired) electrons. The summed E-state index contributed by atoms with van der Waals surface area (Å²) in [4.78, 5) is 26.8. The highest BCUT2D eigenvalue weighted by Gasteiger charge is 2.26. The summed E-state index contributed by atoms with van der Waals surface area (Å²) in [6.07, 6.45) is 1.57. The highest BCUT2D eigenvalue weighted by atomic mass is 35.5. The number of piperazine rings is 1. The van der Waals surface area contributed by atoms with Gasteiger partial charge < -0.3 is 9.80 Å². The first-order valence-corrected chi connectivity index (χ1v) is 12.1. The Morgan fingerprint density at radius 1 is 0.970 bits per heavy atom. The lowest BCUT2D eigenvalue weighted by atomic mass is 10.0. The van der Waals surface area contributed by atoms with Gasteiger partial charge in [-0.15, -0.1) is 0 Å². The predicted molar refractivity (Wildman–Crippen MR) is 135 cm³/mol. The van der Waals surface area contributed by atoms with E-state index in [-0.39, 0.29) is 11.8 Å². The maximum Gasteiger partial charge on any atom is 0.225 e. The quantitative estimate of drug-likeness (QED) is 0.501. The Morgan fingerprint density at radius 2 is 1.64 bits per heavy atom. The molecule has 0 spiro atoms. The molecule has 1 fully saturated rings. The van der Waals surface area contributed by atoms with E-state index in [4.69, 9.17) is 21.6 Å². The zero-order chi connectivity index (χ0) is 23.4. The van der Waals surface area contributed by atoms with Crippen LogP contribution in [-0.2, 0) is 17.6 Å². The van der Waals surface area contributed by atoms with E-state index >= 15 is 0 Å². The second-order valence-corrected chi connectivity index (χ2v) is 9.22. The molecule has 2 aromatic carbocycles. The van der Waals surface area contributed by atoms with Gasteiger partial charge in [-0.3, -0.25) is 4.79 Å². The SMILES string of the molecule is CCc1nc(-c2ccccc2)nc(N2CCN(C(=O)C(C)C)CC2)c1Cc1ccc(Cl)cc1. The second-order valence-electron chi connectivity index (χ2n) is 8.79. The molecular weight excluding hydrogens is 432 g/mol. The Labute approximate surface area is 201 Å². The molecule has 4 rings (SSSR count). The fourth-order valence-electron chi connectivity index (χ4n) is 4.28. The zero-order valence-corrected chi connectivity index (χ0v) is 20.3. The topological polar surface area (TPSA) is 49.3 Å². The Balaban J connectivity index is 1.72. The summed E-state index contributed by atoms with van der Waals surface area (Å²) in [5, 5.41) is 0.733. The number of hydrogen-bond donors (Lipinski definition) is 0. The number of amides is 1. The van der Waals surface area contributed by atoms with E-state index in [0.29, 0.717) is 13.1 Å². The van der Waals surface area contributed by atoms with E-state index in [1.54, 1.807) is 0 Å². The minimum absolute atomic E-state index is 0.0208. The number of nitrogens with zero attached hydrogens (tertiary/aromatic N) is 4. The van der Waals surface area contributed by atoms with Crippen molar-refractivity contribution in [2.75, 3.05) is 31.1 Å². The van der Waals surface area contributed by atoms with Crippen LogP contribution in [0.4, 0.5) is 5.82 Å². The number of aromatic nitrogens is 2. The molecule has 5 nitrogen and oxygen atoms in total. The van der Waals surface area contributed by atoms with Crippen molar-refractivity contribution in [1.82, 2.24) is 14.9 Å². The summed E-state index contributed by atoms with van der Waals surface area (Å²) >= 11 is 6.11. The van der Waals surface area contributed by atoms with E-state index in [1.165, 1.54) is 5.56 Å². The van der Waals surface area contributed by atoms with Crippen LogP contribution in [-0.4, -0.2) is 47.0 Å². The summed E-state index contributed by atoms with van der Waals surface area (Å²) < 4.78 is 0. The third kappa shape index (κ3) is 5.36. The summed E-state index contributed by atoms with van der Waals surface area (Å²) in [6, 6.07) is 18.1. The zero-order valence-electron chi connectivity index (χ0n) is 19.6. The number of carbonyl (C=O) groups excluding carboxylic acids is 1. The van der Waals surface area contributed by atoms with Gasteiger partial charge in [0.2, 0.25) is 5.91 Å². The minimum Gasteiger partial charge on any atom is -0.353 e. The highest BCUT2D eigenvalue weighted by molar-refractivity contribution is 6.30. The molecule has 172 valence electrons. The van der Waals surface area contributed by atoms with Crippen LogP contribution in [0, 0.1) is 5.92 Å². The summed E-state index contributed by atoms with van der Waals surface area (Å²) in [7, 11) is 0. The van der Waals surface area contributed by atoms with Crippen LogP contribution in [0.3, 0.4) is 0 Å². The van der Waals surface area contributed by atoms with Gasteiger partial charge in [0.15, 0.2) is 5.82 Å². The molecule has 1 saturated heterocycles. The summed E-state index contributed by atoms with van der Waals surface area (Å²) in [5.74, 6) is 1.97. The van der Waals surface area contributed by atoms with Gasteiger partial charge in [-0.1, -0.05) is 74.8 Å². The molecule has 6 heteroatoms. The van der Waals surface area contributed by atoms with Crippen molar-refractivity contribution in [3.8, 4) is 11.4 Å². The van der Waals surface area contributed by atoms with Crippen molar-refractivity contribution >= 4 is 23.3 Å². The maximum absolute atomic E-state index is 12.5. The first-order chi connectivity index (χ1) is 16.0. The van der Waals surface area contributed by atoms with Crippen LogP contribution in [0.25, 0.3) is 11.4 Å². The molecule has 2 heterocycles. The van der Waals surface area contributed by atoms with E-state index in [0.717, 1.165) is 59.4 Å². The smallest absolute Gasteiger partial charge is 0.225 e. The Hall–Kier alpha value is -2.92. The van der Waals surface area contributed by atoms with Gasteiger partial charge in [-0.2, -0.15) is 0 Å². The van der Waals surface area contributed by atoms with Gasteiger partial charge in [0.25, 0.3) is 0 Å². The van der Waals surface area contributed by atoms with Crippen LogP contribution >= 0.6 is 11.6 Å². The lowest BCUT2D eigenvalue weighted by Crippen LogP contribution is -2.50. The van der Waals surface area contributed by atoms with Crippen molar-refractivity contribution < 1.29 is 4.79 Å². The van der Waals surface area contributed by atoms with E-state index < -0.39 is 0 Å². The van der Waals surface area contributed by atoms with Gasteiger partial charge in [0.05, 0.1) is 0 Å². The number of carbonyl (C=O) groups is 1. The molecule has 1 aromatic heterocycles. The first kappa shape index (κ1) is 23.2. The largest absolute Gasteiger partial charge is 0.353 e. The molecule has 0 saturated carbocycles. The molecule has 0 N–H and O–H groups in total. The molecule has 0 unspecified atom stereocenters. The Kier molecular flexibility index (Phi) is 7.29. The van der Waals surface area contributed by atoms with Gasteiger partial charge in [0.1, 0.15) is 5.82 Å². The minimum atomic E-state index is 0.0208. The average Bonchev–Trinajstić information content (AvgIpc) is 2.85. The number of aryl methyl sites for hydroxylation is 1. The fourth-order valence-corrected chi connectivity index (χ4v) is 4.40. The van der Waals surface area contributed by atoms with Gasteiger partial charge in [-0.05, 0) is 24.1 Å². The monoisotopic (exact) mass is 462 g/mol. The Morgan fingerprint density at radius 3 is 2.24 bits per heavy atom. The van der Waals surface area contributed by atoms with Crippen LogP contribution < -0.4 is 4.90 Å². The molecule has 0 aliphatic carbocycles. The molecule has 1 amide bonds. The van der Waals surface area contributed by atoms with Crippen LogP contribution in [0.1, 0.15) is 37.6 Å². The summed E-state index contributed by atoms with van der Waals surface area (Å²) in [6.45, 7) is 9.02. The fraction of sp³-hybridized carbons (Fsp3) is 0.370. The van der Waals surface area contributed by atoms with Crippen molar-refractivity contribution in [3.63, 3.8) is 0 Å². The summed E-state index contributed by atoms with van der Waals surface area (Å²) in [5.41, 5.74) is 4.41. The average molecular weight is 463 g/mol. The maximum atomic E-state index is 12.5. The standard InChI is InChI=1S/C27H31ClN4O/c1-4-24-23(18-20-10-12-22(28)13-11-20)26(30-25(29-24)21-8-6-5-7-9-21)31-14-16-32(17-15-31)27(33)19(2)3/h5-13,19H,4,14-18H2,1-3H3. The van der Waals surface area contributed by atoms with Crippen molar-refractivity contribution in [3.05, 3.63) is 76.4 Å². The molecule has 0 atom stereocenters. The Bertz CT molecular complexity index is 1090. The molecule has 1 aliphatic rings. The van der Waals surface area contributed by atoms with Crippen LogP contribution in [0.15, 0.2) is 54.6 Å². The molecule has 0 bridgehead atoms. The highest BCUT2D eigenvalue weighted by Crippen LogP contribution is 2.29. The lowest BCUT2D eigenvalue weighted by molar-refractivity contribution is -0.134. The predicted octanol–water partition coefficient (Wildman–Crippen LogP) is 5.25. The number of hydrogen-bond acceptors (Lipinski definition) is 4. The van der Waals surface area contributed by atoms with Crippen molar-refractivity contribution in [1.29, 1.82) is 0 Å². The van der Waals surface area contributed by atoms with Crippen LogP contribution in [0.2, 0.25) is 5.02 Å². The van der Waals surface area contributed by atoms with Crippen molar-refractivity contribution in [2.45, 2.75) is 33.6 Å².